The van der Waals surface area contributed by atoms with Crippen LogP contribution < -0.4 is 5.32 Å². The lowest BCUT2D eigenvalue weighted by Gasteiger charge is -2.31. The quantitative estimate of drug-likeness (QED) is 0.565. The molecular formula is C21H19ClN4O3S. The van der Waals surface area contributed by atoms with Gasteiger partial charge in [0, 0.05) is 6.54 Å². The number of likely N-dealkylation sites (tertiary alicyclic amines) is 1. The van der Waals surface area contributed by atoms with Gasteiger partial charge in [-0.3, -0.25) is 24.2 Å². The molecule has 1 fully saturated rings. The van der Waals surface area contributed by atoms with Gasteiger partial charge in [0.25, 0.3) is 17.7 Å². The number of rotatable bonds is 5. The normalized spacial score (nSPS) is 17.1. The summed E-state index contributed by atoms with van der Waals surface area (Å²) < 4.78 is 0.497. The highest BCUT2D eigenvalue weighted by atomic mass is 35.5. The third-order valence-corrected chi connectivity index (χ3v) is 6.72. The minimum absolute atomic E-state index is 0.202. The van der Waals surface area contributed by atoms with Gasteiger partial charge in [0.15, 0.2) is 0 Å². The number of hydrogen-bond donors (Lipinski definition) is 1. The number of nitrogens with one attached hydrogen (secondary N) is 1. The second-order valence-electron chi connectivity index (χ2n) is 7.38. The minimum Gasteiger partial charge on any atom is -0.321 e. The number of imide groups is 1. The van der Waals surface area contributed by atoms with Gasteiger partial charge < -0.3 is 5.32 Å². The van der Waals surface area contributed by atoms with Crippen LogP contribution in [0.4, 0.5) is 5.69 Å². The van der Waals surface area contributed by atoms with E-state index in [1.807, 2.05) is 0 Å². The topological polar surface area (TPSA) is 93.5 Å². The predicted octanol–water partition coefficient (Wildman–Crippen LogP) is 3.49. The lowest BCUT2D eigenvalue weighted by atomic mass is 9.96. The van der Waals surface area contributed by atoms with Crippen molar-refractivity contribution in [2.45, 2.75) is 12.8 Å². The molecule has 2 aliphatic heterocycles. The molecule has 9 heteroatoms. The molecule has 30 heavy (non-hydrogen) atoms. The van der Waals surface area contributed by atoms with Crippen molar-refractivity contribution in [1.82, 2.24) is 9.80 Å². The first-order valence-corrected chi connectivity index (χ1v) is 10.8. The molecule has 0 radical (unpaired) electrons. The number of carbonyl (C=O) groups is 3. The molecule has 4 rings (SSSR count). The molecule has 0 atom stereocenters. The molecule has 0 bridgehead atoms. The van der Waals surface area contributed by atoms with E-state index < -0.39 is 0 Å². The number of piperidine rings is 1. The second kappa shape index (κ2) is 8.56. The highest BCUT2D eigenvalue weighted by Gasteiger charge is 2.39. The summed E-state index contributed by atoms with van der Waals surface area (Å²) in [7, 11) is 0. The Bertz CT molecular complexity index is 1050. The summed E-state index contributed by atoms with van der Waals surface area (Å²) in [6, 6.07) is 10.3. The van der Waals surface area contributed by atoms with Crippen molar-refractivity contribution in [3.8, 4) is 6.07 Å². The van der Waals surface area contributed by atoms with Gasteiger partial charge in [0.05, 0.1) is 38.6 Å². The zero-order chi connectivity index (χ0) is 21.3. The van der Waals surface area contributed by atoms with E-state index in [9.17, 15) is 14.4 Å². The van der Waals surface area contributed by atoms with E-state index >= 15 is 0 Å². The van der Waals surface area contributed by atoms with Crippen LogP contribution >= 0.6 is 22.9 Å². The molecule has 2 aliphatic rings. The molecule has 154 valence electrons. The zero-order valence-corrected chi connectivity index (χ0v) is 17.6. The Labute approximate surface area is 182 Å². The van der Waals surface area contributed by atoms with Crippen LogP contribution in [0.5, 0.6) is 0 Å². The van der Waals surface area contributed by atoms with Gasteiger partial charge >= 0.3 is 0 Å². The molecule has 0 saturated carbocycles. The molecule has 1 aromatic carbocycles. The monoisotopic (exact) mass is 442 g/mol. The molecule has 0 unspecified atom stereocenters. The minimum atomic E-state index is -0.380. The van der Waals surface area contributed by atoms with Crippen molar-refractivity contribution >= 4 is 46.3 Å². The molecule has 0 aliphatic carbocycles. The van der Waals surface area contributed by atoms with E-state index in [0.29, 0.717) is 33.6 Å². The Hall–Kier alpha value is -2.73. The van der Waals surface area contributed by atoms with Crippen molar-refractivity contribution in [3.05, 3.63) is 50.7 Å². The van der Waals surface area contributed by atoms with Crippen LogP contribution in [-0.2, 0) is 0 Å². The van der Waals surface area contributed by atoms with Crippen LogP contribution in [0.3, 0.4) is 0 Å². The van der Waals surface area contributed by atoms with E-state index in [0.717, 1.165) is 37.3 Å². The summed E-state index contributed by atoms with van der Waals surface area (Å²) in [6.07, 6.45) is 1.66. The first-order chi connectivity index (χ1) is 14.5. The second-order valence-corrected chi connectivity index (χ2v) is 9.10. The summed E-state index contributed by atoms with van der Waals surface area (Å²) in [6.45, 7) is 2.32. The lowest BCUT2D eigenvalue weighted by molar-refractivity contribution is 0.0602. The first kappa shape index (κ1) is 20.5. The number of anilines is 1. The SMILES string of the molecule is N#CCN1CCC(CN2C(=O)c3cccc(NC(=O)c4ccc(Cl)s4)c3C2=O)CC1. The largest absolute Gasteiger partial charge is 0.321 e. The van der Waals surface area contributed by atoms with Crippen LogP contribution in [0.2, 0.25) is 4.34 Å². The average molecular weight is 443 g/mol. The number of amides is 3. The number of nitriles is 1. The van der Waals surface area contributed by atoms with Crippen molar-refractivity contribution in [2.24, 2.45) is 5.92 Å². The summed E-state index contributed by atoms with van der Waals surface area (Å²) >= 11 is 7.04. The van der Waals surface area contributed by atoms with Crippen LogP contribution in [-0.4, -0.2) is 53.7 Å². The third kappa shape index (κ3) is 3.97. The van der Waals surface area contributed by atoms with Gasteiger partial charge in [0.2, 0.25) is 0 Å². The molecule has 1 saturated heterocycles. The number of fused-ring (bicyclic) bond motifs is 1. The lowest BCUT2D eigenvalue weighted by Crippen LogP contribution is -2.40. The fourth-order valence-corrected chi connectivity index (χ4v) is 4.85. The Kier molecular flexibility index (Phi) is 5.86. The summed E-state index contributed by atoms with van der Waals surface area (Å²) in [5.74, 6) is -0.878. The van der Waals surface area contributed by atoms with Crippen LogP contribution in [0.25, 0.3) is 0 Å². The Balaban J connectivity index is 1.49. The fourth-order valence-electron chi connectivity index (χ4n) is 3.91. The predicted molar refractivity (Wildman–Crippen MR) is 114 cm³/mol. The van der Waals surface area contributed by atoms with Crippen molar-refractivity contribution in [1.29, 1.82) is 5.26 Å². The third-order valence-electron chi connectivity index (χ3n) is 5.49. The van der Waals surface area contributed by atoms with Gasteiger partial charge in [0.1, 0.15) is 0 Å². The van der Waals surface area contributed by atoms with Crippen LogP contribution in [0.15, 0.2) is 30.3 Å². The molecule has 1 aromatic heterocycles. The Morgan fingerprint density at radius 2 is 1.97 bits per heavy atom. The highest BCUT2D eigenvalue weighted by Crippen LogP contribution is 2.32. The molecule has 3 amide bonds. The number of benzene rings is 1. The van der Waals surface area contributed by atoms with Gasteiger partial charge in [-0.15, -0.1) is 11.3 Å². The highest BCUT2D eigenvalue weighted by molar-refractivity contribution is 7.18. The van der Waals surface area contributed by atoms with E-state index in [2.05, 4.69) is 16.3 Å². The molecule has 7 nitrogen and oxygen atoms in total. The van der Waals surface area contributed by atoms with Crippen LogP contribution in [0, 0.1) is 17.2 Å². The average Bonchev–Trinajstić information content (AvgIpc) is 3.27. The summed E-state index contributed by atoms with van der Waals surface area (Å²) in [5.41, 5.74) is 0.871. The Morgan fingerprint density at radius 1 is 1.20 bits per heavy atom. The number of hydrogen-bond acceptors (Lipinski definition) is 6. The van der Waals surface area contributed by atoms with Gasteiger partial charge in [-0.2, -0.15) is 5.26 Å². The number of carbonyl (C=O) groups excluding carboxylic acids is 3. The number of nitrogens with zero attached hydrogens (tertiary/aromatic N) is 3. The molecule has 3 heterocycles. The smallest absolute Gasteiger partial charge is 0.265 e. The zero-order valence-electron chi connectivity index (χ0n) is 16.1. The molecule has 1 N–H and O–H groups in total. The fraction of sp³-hybridized carbons (Fsp3) is 0.333. The molecule has 0 spiro atoms. The van der Waals surface area contributed by atoms with Crippen molar-refractivity contribution in [2.75, 3.05) is 31.5 Å². The van der Waals surface area contributed by atoms with E-state index in [4.69, 9.17) is 16.9 Å². The first-order valence-electron chi connectivity index (χ1n) is 9.63. The maximum Gasteiger partial charge on any atom is 0.265 e. The molecular weight excluding hydrogens is 424 g/mol. The maximum absolute atomic E-state index is 13.1. The van der Waals surface area contributed by atoms with Gasteiger partial charge in [-0.1, -0.05) is 17.7 Å². The standard InChI is InChI=1S/C21H19ClN4O3S/c22-17-5-4-16(30-17)19(27)24-15-3-1-2-14-18(15)21(29)26(20(14)28)12-13-6-9-25(10-7-13)11-8-23/h1-5,13H,6-7,9-12H2,(H,24,27). The van der Waals surface area contributed by atoms with Crippen molar-refractivity contribution < 1.29 is 14.4 Å². The van der Waals surface area contributed by atoms with Crippen LogP contribution in [0.1, 0.15) is 43.2 Å². The summed E-state index contributed by atoms with van der Waals surface area (Å²) in [4.78, 5) is 42.2. The maximum atomic E-state index is 13.1. The van der Waals surface area contributed by atoms with E-state index in [1.165, 1.54) is 4.90 Å². The van der Waals surface area contributed by atoms with E-state index in [1.54, 1.807) is 30.3 Å². The summed E-state index contributed by atoms with van der Waals surface area (Å²) in [5, 5.41) is 11.6. The van der Waals surface area contributed by atoms with Gasteiger partial charge in [-0.25, -0.2) is 0 Å². The Morgan fingerprint density at radius 3 is 2.63 bits per heavy atom. The molecule has 2 aromatic rings. The van der Waals surface area contributed by atoms with E-state index in [-0.39, 0.29) is 29.2 Å². The number of thiophene rings is 1. The van der Waals surface area contributed by atoms with Crippen molar-refractivity contribution in [3.63, 3.8) is 0 Å². The van der Waals surface area contributed by atoms with Gasteiger partial charge in [-0.05, 0) is 56.1 Å². The number of halogens is 1.